The number of nitrogens with one attached hydrogen (secondary N) is 1. The largest absolute Gasteiger partial charge is 0.424 e. The first-order valence-corrected chi connectivity index (χ1v) is 11.2. The summed E-state index contributed by atoms with van der Waals surface area (Å²) in [5.41, 5.74) is 0.994. The van der Waals surface area contributed by atoms with Crippen LogP contribution in [0.15, 0.2) is 42.6 Å². The third-order valence-electron chi connectivity index (χ3n) is 6.18. The van der Waals surface area contributed by atoms with E-state index in [1.54, 1.807) is 6.20 Å². The maximum atomic E-state index is 13.5. The first kappa shape index (κ1) is 22.7. The van der Waals surface area contributed by atoms with Crippen molar-refractivity contribution in [1.82, 2.24) is 19.7 Å². The summed E-state index contributed by atoms with van der Waals surface area (Å²) in [7, 11) is 0. The molecular formula is C22H21ClF4N6O. The van der Waals surface area contributed by atoms with Crippen molar-refractivity contribution in [1.29, 1.82) is 0 Å². The smallest absolute Gasteiger partial charge is 0.408 e. The summed E-state index contributed by atoms with van der Waals surface area (Å²) in [6.45, 7) is 0.162. The Kier molecular flexibility index (Phi) is 5.97. The number of hydrogen-bond donors (Lipinski definition) is 1. The highest BCUT2D eigenvalue weighted by Gasteiger charge is 2.43. The molecule has 7 nitrogen and oxygen atoms in total. The van der Waals surface area contributed by atoms with Crippen LogP contribution in [0.2, 0.25) is 5.15 Å². The Morgan fingerprint density at radius 3 is 2.56 bits per heavy atom. The summed E-state index contributed by atoms with van der Waals surface area (Å²) in [6.07, 6.45) is -0.899. The number of ether oxygens (including phenoxy) is 1. The van der Waals surface area contributed by atoms with Crippen LogP contribution in [0.5, 0.6) is 11.8 Å². The number of piperidine rings is 1. The average Bonchev–Trinajstić information content (AvgIpc) is 3.21. The Labute approximate surface area is 197 Å². The van der Waals surface area contributed by atoms with E-state index in [1.807, 2.05) is 12.1 Å². The highest BCUT2D eigenvalue weighted by Crippen LogP contribution is 2.40. The van der Waals surface area contributed by atoms with E-state index >= 15 is 0 Å². The molecule has 1 N–H and O–H groups in total. The molecule has 0 spiro atoms. The number of benzene rings is 1. The van der Waals surface area contributed by atoms with Crippen molar-refractivity contribution in [2.75, 3.05) is 23.3 Å². The van der Waals surface area contributed by atoms with Crippen LogP contribution in [0, 0.1) is 17.7 Å². The fourth-order valence-corrected chi connectivity index (χ4v) is 4.95. The third kappa shape index (κ3) is 5.03. The second-order valence-electron chi connectivity index (χ2n) is 8.56. The van der Waals surface area contributed by atoms with Crippen molar-refractivity contribution >= 4 is 23.2 Å². The zero-order chi connectivity index (χ0) is 23.9. The van der Waals surface area contributed by atoms with Gasteiger partial charge >= 0.3 is 12.2 Å². The minimum atomic E-state index is -4.53. The van der Waals surface area contributed by atoms with E-state index in [-0.39, 0.29) is 35.6 Å². The van der Waals surface area contributed by atoms with Gasteiger partial charge in [-0.05, 0) is 48.9 Å². The van der Waals surface area contributed by atoms with Crippen LogP contribution < -0.4 is 15.0 Å². The maximum absolute atomic E-state index is 13.5. The Morgan fingerprint density at radius 1 is 1.12 bits per heavy atom. The van der Waals surface area contributed by atoms with Crippen molar-refractivity contribution < 1.29 is 22.3 Å². The molecule has 12 heteroatoms. The second kappa shape index (κ2) is 8.94. The van der Waals surface area contributed by atoms with Gasteiger partial charge in [0.05, 0.1) is 0 Å². The summed E-state index contributed by atoms with van der Waals surface area (Å²) >= 11 is 6.04. The van der Waals surface area contributed by atoms with Gasteiger partial charge in [0, 0.05) is 37.1 Å². The van der Waals surface area contributed by atoms with Crippen molar-refractivity contribution in [3.63, 3.8) is 0 Å². The van der Waals surface area contributed by atoms with Gasteiger partial charge in [-0.3, -0.25) is 0 Å². The molecule has 0 unspecified atom stereocenters. The van der Waals surface area contributed by atoms with Crippen LogP contribution in [-0.2, 0) is 6.54 Å². The van der Waals surface area contributed by atoms with Gasteiger partial charge in [-0.1, -0.05) is 17.7 Å². The number of alkyl halides is 3. The number of fused-ring (bicyclic) bond motifs is 2. The molecule has 2 aliphatic rings. The standard InChI is InChI=1S/C22H21ClF4N6O/c23-18-9-16(6-7-28-18)32-10-13-4-5-14(11-32)19(13)29-20-30-21(33(31-20)12-22(25,26)27)34-17-3-1-2-15(24)8-17/h1-3,6-9,13-14,19H,4-5,10-12H2,(H,29,31)/t13-,14+,19-. The lowest BCUT2D eigenvalue weighted by molar-refractivity contribution is -0.143. The molecule has 34 heavy (non-hydrogen) atoms. The molecule has 1 saturated carbocycles. The molecule has 5 rings (SSSR count). The number of rotatable bonds is 6. The molecular weight excluding hydrogens is 476 g/mol. The van der Waals surface area contributed by atoms with Crippen molar-refractivity contribution in [2.45, 2.75) is 31.6 Å². The molecule has 1 aliphatic carbocycles. The van der Waals surface area contributed by atoms with Crippen molar-refractivity contribution in [3.05, 3.63) is 53.6 Å². The van der Waals surface area contributed by atoms with E-state index in [4.69, 9.17) is 16.3 Å². The third-order valence-corrected chi connectivity index (χ3v) is 6.38. The first-order chi connectivity index (χ1) is 16.2. The van der Waals surface area contributed by atoms with Gasteiger partial charge < -0.3 is 15.0 Å². The molecule has 2 bridgehead atoms. The van der Waals surface area contributed by atoms with Gasteiger partial charge in [0.15, 0.2) is 0 Å². The summed E-state index contributed by atoms with van der Waals surface area (Å²) in [6, 6.07) is 8.50. The minimum Gasteiger partial charge on any atom is -0.424 e. The highest BCUT2D eigenvalue weighted by atomic mass is 35.5. The Balaban J connectivity index is 1.34. The number of nitrogens with zero attached hydrogens (tertiary/aromatic N) is 5. The summed E-state index contributed by atoms with van der Waals surface area (Å²) in [4.78, 5) is 10.4. The Hall–Kier alpha value is -3.08. The zero-order valence-corrected chi connectivity index (χ0v) is 18.6. The summed E-state index contributed by atoms with van der Waals surface area (Å²) in [5, 5.41) is 7.68. The van der Waals surface area contributed by atoms with E-state index in [2.05, 4.69) is 25.3 Å². The van der Waals surface area contributed by atoms with E-state index in [0.717, 1.165) is 37.7 Å². The van der Waals surface area contributed by atoms with Crippen LogP contribution in [-0.4, -0.2) is 45.1 Å². The van der Waals surface area contributed by atoms with Gasteiger partial charge in [0.25, 0.3) is 0 Å². The molecule has 2 fully saturated rings. The van der Waals surface area contributed by atoms with Gasteiger partial charge in [-0.15, -0.1) is 5.10 Å². The van der Waals surface area contributed by atoms with Crippen LogP contribution in [0.25, 0.3) is 0 Å². The first-order valence-electron chi connectivity index (χ1n) is 10.8. The number of pyridine rings is 1. The maximum Gasteiger partial charge on any atom is 0.408 e. The van der Waals surface area contributed by atoms with Gasteiger partial charge in [0.2, 0.25) is 5.95 Å². The minimum absolute atomic E-state index is 0.0114. The number of hydrogen-bond acceptors (Lipinski definition) is 6. The molecule has 1 saturated heterocycles. The fourth-order valence-electron chi connectivity index (χ4n) is 4.78. The van der Waals surface area contributed by atoms with Crippen molar-refractivity contribution in [2.24, 2.45) is 11.8 Å². The lowest BCUT2D eigenvalue weighted by atomic mass is 9.92. The zero-order valence-electron chi connectivity index (χ0n) is 17.8. The predicted molar refractivity (Wildman–Crippen MR) is 118 cm³/mol. The Bertz CT molecular complexity index is 1160. The normalized spacial score (nSPS) is 22.1. The second-order valence-corrected chi connectivity index (χ2v) is 8.95. The topological polar surface area (TPSA) is 68.1 Å². The molecule has 1 aliphatic heterocycles. The van der Waals surface area contributed by atoms with Crippen molar-refractivity contribution in [3.8, 4) is 11.8 Å². The van der Waals surface area contributed by atoms with Gasteiger partial charge in [-0.25, -0.2) is 14.1 Å². The van der Waals surface area contributed by atoms with Crippen LogP contribution >= 0.6 is 11.6 Å². The number of halogens is 5. The molecule has 3 aromatic rings. The Morgan fingerprint density at radius 2 is 1.88 bits per heavy atom. The quantitative estimate of drug-likeness (QED) is 0.376. The van der Waals surface area contributed by atoms with Crippen LogP contribution in [0.4, 0.5) is 29.2 Å². The van der Waals surface area contributed by atoms with E-state index < -0.39 is 18.5 Å². The molecule has 0 radical (unpaired) electrons. The lowest BCUT2D eigenvalue weighted by Gasteiger charge is -2.39. The van der Waals surface area contributed by atoms with Crippen LogP contribution in [0.3, 0.4) is 0 Å². The molecule has 3 heterocycles. The monoisotopic (exact) mass is 496 g/mol. The van der Waals surface area contributed by atoms with E-state index in [9.17, 15) is 17.6 Å². The molecule has 0 amide bonds. The van der Waals surface area contributed by atoms with Crippen LogP contribution in [0.1, 0.15) is 12.8 Å². The average molecular weight is 497 g/mol. The molecule has 1 aromatic carbocycles. The SMILES string of the molecule is Fc1cccc(Oc2nc(N[C@@H]3[C@@H]4CC[C@H]3CN(c3ccnc(Cl)c3)C4)nn2CC(F)(F)F)c1. The molecule has 180 valence electrons. The van der Waals surface area contributed by atoms with E-state index in [0.29, 0.717) is 9.83 Å². The predicted octanol–water partition coefficient (Wildman–Crippen LogP) is 5.15. The lowest BCUT2D eigenvalue weighted by Crippen LogP contribution is -2.48. The number of aromatic nitrogens is 4. The van der Waals surface area contributed by atoms with Gasteiger partial charge in [-0.2, -0.15) is 18.2 Å². The highest BCUT2D eigenvalue weighted by molar-refractivity contribution is 6.29. The number of anilines is 2. The molecule has 2 aromatic heterocycles. The van der Waals surface area contributed by atoms with E-state index in [1.165, 1.54) is 18.2 Å². The molecule has 3 atom stereocenters. The summed E-state index contributed by atoms with van der Waals surface area (Å²) < 4.78 is 58.9. The van der Waals surface area contributed by atoms with Gasteiger partial charge in [0.1, 0.15) is 23.3 Å². The fraction of sp³-hybridized carbons (Fsp3) is 0.409. The summed E-state index contributed by atoms with van der Waals surface area (Å²) in [5.74, 6) is 0.0296.